The summed E-state index contributed by atoms with van der Waals surface area (Å²) in [5, 5.41) is 3.17. The standard InChI is InChI=1S/C40H68N2O8/c1-7-12-14-16-18-20-24-35(6)49-33-36(34-50-38(43)25-21-19-17-15-13-8-2)32-39(44)47-31-28-42(27-30-46-11-5)40(45)48-29-26-41-37(22-9-3)23-10-4/h9-11,22-23,36,41H,3,5-8,12-21,24-34H2,1-2,4H3/b23-10-,37-22+. The summed E-state index contributed by atoms with van der Waals surface area (Å²) in [5.41, 5.74) is 0.847. The molecule has 0 bridgehead atoms. The molecular weight excluding hydrogens is 636 g/mol. The number of ether oxygens (including phenoxy) is 5. The Morgan fingerprint density at radius 1 is 0.740 bits per heavy atom. The fourth-order valence-electron chi connectivity index (χ4n) is 4.92. The van der Waals surface area contributed by atoms with E-state index in [9.17, 15) is 14.4 Å². The van der Waals surface area contributed by atoms with Gasteiger partial charge in [-0.3, -0.25) is 9.59 Å². The van der Waals surface area contributed by atoms with Gasteiger partial charge in [-0.05, 0) is 31.9 Å². The van der Waals surface area contributed by atoms with Crippen LogP contribution in [0.3, 0.4) is 0 Å². The smallest absolute Gasteiger partial charge is 0.410 e. The minimum atomic E-state index is -0.553. The average Bonchev–Trinajstić information content (AvgIpc) is 3.10. The van der Waals surface area contributed by atoms with Gasteiger partial charge in [0.2, 0.25) is 0 Å². The van der Waals surface area contributed by atoms with Crippen molar-refractivity contribution in [1.29, 1.82) is 0 Å². The third kappa shape index (κ3) is 28.2. The van der Waals surface area contributed by atoms with Gasteiger partial charge in [0.15, 0.2) is 0 Å². The van der Waals surface area contributed by atoms with Crippen LogP contribution in [-0.4, -0.2) is 75.6 Å². The van der Waals surface area contributed by atoms with Crippen molar-refractivity contribution in [3.63, 3.8) is 0 Å². The Kier molecular flexibility index (Phi) is 31.3. The van der Waals surface area contributed by atoms with Gasteiger partial charge in [-0.2, -0.15) is 0 Å². The lowest BCUT2D eigenvalue weighted by atomic mass is 10.1. The van der Waals surface area contributed by atoms with Crippen molar-refractivity contribution < 1.29 is 38.1 Å². The zero-order valence-electron chi connectivity index (χ0n) is 31.6. The molecule has 0 aromatic carbocycles. The number of carbonyl (C=O) groups excluding carboxylic acids is 3. The second-order valence-corrected chi connectivity index (χ2v) is 12.3. The topological polar surface area (TPSA) is 113 Å². The lowest BCUT2D eigenvalue weighted by Gasteiger charge is -2.22. The fourth-order valence-corrected chi connectivity index (χ4v) is 4.92. The zero-order valence-corrected chi connectivity index (χ0v) is 31.6. The zero-order chi connectivity index (χ0) is 37.1. The predicted molar refractivity (Wildman–Crippen MR) is 201 cm³/mol. The molecule has 0 heterocycles. The lowest BCUT2D eigenvalue weighted by molar-refractivity contribution is -0.151. The molecule has 0 spiro atoms. The van der Waals surface area contributed by atoms with Gasteiger partial charge in [0.25, 0.3) is 0 Å². The molecule has 50 heavy (non-hydrogen) atoms. The highest BCUT2D eigenvalue weighted by molar-refractivity contribution is 5.71. The van der Waals surface area contributed by atoms with Gasteiger partial charge >= 0.3 is 18.0 Å². The molecule has 0 rings (SSSR count). The van der Waals surface area contributed by atoms with E-state index in [1.54, 1.807) is 6.08 Å². The molecule has 0 saturated carbocycles. The lowest BCUT2D eigenvalue weighted by Crippen LogP contribution is -2.38. The van der Waals surface area contributed by atoms with Gasteiger partial charge in [0, 0.05) is 31.0 Å². The first-order valence-corrected chi connectivity index (χ1v) is 18.8. The van der Waals surface area contributed by atoms with Gasteiger partial charge < -0.3 is 33.9 Å². The number of allylic oxidation sites excluding steroid dienone is 5. The van der Waals surface area contributed by atoms with Crippen LogP contribution in [0.15, 0.2) is 61.8 Å². The first-order chi connectivity index (χ1) is 24.3. The van der Waals surface area contributed by atoms with Crippen molar-refractivity contribution in [2.45, 2.75) is 117 Å². The predicted octanol–water partition coefficient (Wildman–Crippen LogP) is 8.94. The Labute approximate surface area is 303 Å². The summed E-state index contributed by atoms with van der Waals surface area (Å²) in [6, 6.07) is 0. The second kappa shape index (κ2) is 33.8. The number of carbonyl (C=O) groups is 3. The third-order valence-corrected chi connectivity index (χ3v) is 7.78. The Balaban J connectivity index is 4.99. The molecular formula is C40H68N2O8. The summed E-state index contributed by atoms with van der Waals surface area (Å²) >= 11 is 0. The molecule has 1 amide bonds. The van der Waals surface area contributed by atoms with Crippen molar-refractivity contribution in [2.24, 2.45) is 5.92 Å². The maximum atomic E-state index is 12.9. The van der Waals surface area contributed by atoms with E-state index in [1.807, 2.05) is 25.2 Å². The first-order valence-electron chi connectivity index (χ1n) is 18.8. The van der Waals surface area contributed by atoms with Gasteiger partial charge in [0.05, 0.1) is 44.7 Å². The molecule has 0 saturated heterocycles. The van der Waals surface area contributed by atoms with Crippen molar-refractivity contribution in [1.82, 2.24) is 10.2 Å². The highest BCUT2D eigenvalue weighted by Gasteiger charge is 2.20. The van der Waals surface area contributed by atoms with Crippen LogP contribution in [0.5, 0.6) is 0 Å². The Morgan fingerprint density at radius 2 is 1.36 bits per heavy atom. The Bertz CT molecular complexity index is 962. The van der Waals surface area contributed by atoms with E-state index in [4.69, 9.17) is 23.7 Å². The monoisotopic (exact) mass is 704 g/mol. The van der Waals surface area contributed by atoms with Gasteiger partial charge in [-0.25, -0.2) is 4.79 Å². The largest absolute Gasteiger partial charge is 0.500 e. The number of hydrogen-bond acceptors (Lipinski definition) is 9. The third-order valence-electron chi connectivity index (χ3n) is 7.78. The molecule has 10 nitrogen and oxygen atoms in total. The molecule has 0 aromatic heterocycles. The van der Waals surface area contributed by atoms with Crippen molar-refractivity contribution in [3.05, 3.63) is 61.8 Å². The number of nitrogens with zero attached hydrogens (tertiary/aromatic N) is 1. The molecule has 0 aliphatic heterocycles. The van der Waals surface area contributed by atoms with E-state index in [0.717, 1.165) is 44.2 Å². The minimum Gasteiger partial charge on any atom is -0.500 e. The van der Waals surface area contributed by atoms with E-state index < -0.39 is 18.0 Å². The normalized spacial score (nSPS) is 11.8. The molecule has 0 aromatic rings. The molecule has 286 valence electrons. The van der Waals surface area contributed by atoms with Crippen LogP contribution in [0.2, 0.25) is 0 Å². The molecule has 0 fully saturated rings. The van der Waals surface area contributed by atoms with Gasteiger partial charge in [-0.1, -0.05) is 110 Å². The molecule has 0 aliphatic carbocycles. The minimum absolute atomic E-state index is 0.00292. The maximum absolute atomic E-state index is 12.9. The summed E-state index contributed by atoms with van der Waals surface area (Å²) in [7, 11) is 0. The SMILES string of the molecule is C=C/C=C(\C=C/C)NCCOC(=O)N(CCOC=C)CCOC(=O)CC(COC(=C)CCCCCCCC)COC(=O)CCCCCCCC. The summed E-state index contributed by atoms with van der Waals surface area (Å²) < 4.78 is 27.6. The summed E-state index contributed by atoms with van der Waals surface area (Å²) in [6.07, 6.45) is 22.6. The van der Waals surface area contributed by atoms with Crippen LogP contribution in [0.1, 0.15) is 117 Å². The number of unbranched alkanes of at least 4 members (excludes halogenated alkanes) is 10. The second-order valence-electron chi connectivity index (χ2n) is 12.3. The number of amides is 1. The molecule has 10 heteroatoms. The van der Waals surface area contributed by atoms with Crippen LogP contribution in [0.4, 0.5) is 4.79 Å². The molecule has 1 N–H and O–H groups in total. The molecule has 1 atom stereocenters. The maximum Gasteiger partial charge on any atom is 0.410 e. The van der Waals surface area contributed by atoms with Crippen molar-refractivity contribution >= 4 is 18.0 Å². The summed E-state index contributed by atoms with van der Waals surface area (Å²) in [4.78, 5) is 39.5. The number of nitrogens with one attached hydrogen (secondary N) is 1. The van der Waals surface area contributed by atoms with E-state index in [-0.39, 0.29) is 58.5 Å². The molecule has 0 radical (unpaired) electrons. The van der Waals surface area contributed by atoms with E-state index in [0.29, 0.717) is 18.7 Å². The van der Waals surface area contributed by atoms with Crippen LogP contribution in [0.25, 0.3) is 0 Å². The Hall–Kier alpha value is -3.69. The van der Waals surface area contributed by atoms with Gasteiger partial charge in [0.1, 0.15) is 19.8 Å². The van der Waals surface area contributed by atoms with E-state index >= 15 is 0 Å². The number of rotatable bonds is 34. The number of esters is 2. The van der Waals surface area contributed by atoms with Crippen molar-refractivity contribution in [3.8, 4) is 0 Å². The average molecular weight is 705 g/mol. The quantitative estimate of drug-likeness (QED) is 0.0231. The van der Waals surface area contributed by atoms with Crippen LogP contribution in [-0.2, 0) is 33.3 Å². The molecule has 1 unspecified atom stereocenters. The first kappa shape index (κ1) is 46.3. The highest BCUT2D eigenvalue weighted by atomic mass is 16.6. The van der Waals surface area contributed by atoms with E-state index in [2.05, 4.69) is 38.9 Å². The van der Waals surface area contributed by atoms with Gasteiger partial charge in [-0.15, -0.1) is 0 Å². The van der Waals surface area contributed by atoms with Crippen molar-refractivity contribution in [2.75, 3.05) is 52.7 Å². The van der Waals surface area contributed by atoms with E-state index in [1.165, 1.54) is 56.1 Å². The summed E-state index contributed by atoms with van der Waals surface area (Å²) in [6.45, 7) is 18.9. The number of hydrogen-bond donors (Lipinski definition) is 1. The fraction of sp³-hybridized carbons (Fsp3) is 0.675. The van der Waals surface area contributed by atoms with Crippen LogP contribution < -0.4 is 5.32 Å². The molecule has 0 aliphatic rings. The van der Waals surface area contributed by atoms with Crippen LogP contribution in [0, 0.1) is 5.92 Å². The summed E-state index contributed by atoms with van der Waals surface area (Å²) in [5.74, 6) is -0.476. The highest BCUT2D eigenvalue weighted by Crippen LogP contribution is 2.15. The van der Waals surface area contributed by atoms with Crippen LogP contribution >= 0.6 is 0 Å². The Morgan fingerprint density at radius 3 is 2.00 bits per heavy atom.